The van der Waals surface area contributed by atoms with Gasteiger partial charge in [0.1, 0.15) is 0 Å². The quantitative estimate of drug-likeness (QED) is 0.241. The molecule has 2 radical (unpaired) electrons. The highest BCUT2D eigenvalue weighted by atomic mass is 29.1. The van der Waals surface area contributed by atoms with Gasteiger partial charge in [-0.25, -0.2) is 0 Å². The van der Waals surface area contributed by atoms with E-state index in [2.05, 4.69) is 5.54 Å². The van der Waals surface area contributed by atoms with Crippen molar-refractivity contribution in [2.75, 3.05) is 0 Å². The van der Waals surface area contributed by atoms with Gasteiger partial charge in [0, 0.05) is 9.76 Å². The fraction of sp³-hybridized carbons (Fsp3) is 0. The highest BCUT2D eigenvalue weighted by Gasteiger charge is 1.49. The van der Waals surface area contributed by atoms with Gasteiger partial charge in [0.25, 0.3) is 0 Å². The predicted octanol–water partition coefficient (Wildman–Crippen LogP) is -1.75. The Kier molecular flexibility index (Phi) is 2.99. The van der Waals surface area contributed by atoms with Crippen LogP contribution < -0.4 is 0 Å². The summed E-state index contributed by atoms with van der Waals surface area (Å²) in [6, 6.07) is 0. The molecule has 0 saturated carbocycles. The van der Waals surface area contributed by atoms with Crippen molar-refractivity contribution < 1.29 is 0 Å². The topological polar surface area (TPSA) is 0 Å². The molecule has 20 valence electrons. The van der Waals surface area contributed by atoms with Crippen LogP contribution in [0.1, 0.15) is 0 Å². The summed E-state index contributed by atoms with van der Waals surface area (Å²) in [4.78, 5) is 0. The lowest BCUT2D eigenvalue weighted by atomic mass is 11.4. The van der Waals surface area contributed by atoms with Crippen molar-refractivity contribution in [1.82, 2.24) is 0 Å². The number of rotatable bonds is 0. The Labute approximate surface area is 31.6 Å². The van der Waals surface area contributed by atoms with Crippen LogP contribution in [-0.2, 0) is 0 Å². The molecule has 0 saturated heterocycles. The van der Waals surface area contributed by atoms with E-state index in [0.29, 0.717) is 0 Å². The summed E-state index contributed by atoms with van der Waals surface area (Å²) in [6.07, 6.45) is 6.27. The van der Waals surface area contributed by atoms with Gasteiger partial charge in [-0.2, -0.15) is 0 Å². The van der Waals surface area contributed by atoms with Crippen LogP contribution in [-0.4, -0.2) is 18.8 Å². The fourth-order valence-electron chi connectivity index (χ4n) is 0. The second-order valence-electron chi connectivity index (χ2n) is 0.427. The molecule has 0 atom stereocenters. The first kappa shape index (κ1) is 3.99. The second kappa shape index (κ2) is 2.99. The van der Waals surface area contributed by atoms with Gasteiger partial charge in [0.15, 0.2) is 0 Å². The maximum Gasteiger partial charge on any atom is 0.0902 e. The van der Waals surface area contributed by atoms with E-state index in [1.165, 1.54) is 0 Å². The van der Waals surface area contributed by atoms with E-state index in [9.17, 15) is 0 Å². The first-order valence-electron chi connectivity index (χ1n) is 1.10. The van der Waals surface area contributed by atoms with E-state index in [0.717, 1.165) is 0 Å². The Morgan fingerprint density at radius 2 is 2.25 bits per heavy atom. The Morgan fingerprint density at radius 3 is 2.25 bits per heavy atom. The number of hydrogen-bond donors (Lipinski definition) is 0. The van der Waals surface area contributed by atoms with Gasteiger partial charge in [0.2, 0.25) is 0 Å². The zero-order chi connectivity index (χ0) is 3.41. The highest BCUT2D eigenvalue weighted by molar-refractivity contribution is 6.94. The third-order valence-corrected chi connectivity index (χ3v) is 1.12. The van der Waals surface area contributed by atoms with E-state index >= 15 is 0 Å². The average Bonchev–Trinajstić information content (AvgIpc) is 1.37. The molecule has 0 unspecified atom stereocenters. The second-order valence-corrected chi connectivity index (χ2v) is 2.78. The summed E-state index contributed by atoms with van der Waals surface area (Å²) in [5.41, 5.74) is 2.33. The third-order valence-electron chi connectivity index (χ3n) is 0.125. The van der Waals surface area contributed by atoms with E-state index in [1.807, 2.05) is 9.76 Å². The molecule has 0 bridgehead atoms. The fourth-order valence-corrected chi connectivity index (χ4v) is 0. The Morgan fingerprint density at radius 1 is 2.00 bits per heavy atom. The molecule has 0 spiro atoms. The van der Waals surface area contributed by atoms with Gasteiger partial charge in [-0.15, -0.1) is 5.54 Å². The van der Waals surface area contributed by atoms with Gasteiger partial charge >= 0.3 is 0 Å². The monoisotopic (exact) mass is 84.0 g/mol. The van der Waals surface area contributed by atoms with Crippen LogP contribution in [0.3, 0.4) is 0 Å². The van der Waals surface area contributed by atoms with Gasteiger partial charge in [-0.3, -0.25) is 0 Å². The Balaban J connectivity index is 2.43. The van der Waals surface area contributed by atoms with E-state index < -0.39 is 0 Å². The summed E-state index contributed by atoms with van der Waals surface area (Å²) >= 11 is 0. The highest BCUT2D eigenvalue weighted by Crippen LogP contribution is 1.26. The largest absolute Gasteiger partial charge is 0.130 e. The zero-order valence-electron chi connectivity index (χ0n) is 2.41. The molecule has 0 rings (SSSR count). The van der Waals surface area contributed by atoms with Crippen molar-refractivity contribution in [2.45, 2.75) is 0 Å². The summed E-state index contributed by atoms with van der Waals surface area (Å²) in [7, 11) is 1.73. The van der Waals surface area contributed by atoms with Crippen LogP contribution in [0.5, 0.6) is 0 Å². The maximum atomic E-state index is 6.27. The van der Waals surface area contributed by atoms with Crippen molar-refractivity contribution in [3.8, 4) is 5.54 Å². The SMILES string of the molecule is [C]#C[SiH2][SiH2]. The minimum atomic E-state index is -0.131. The van der Waals surface area contributed by atoms with Crippen molar-refractivity contribution in [1.29, 1.82) is 0 Å². The zero-order valence-corrected chi connectivity index (χ0v) is 5.24. The minimum absolute atomic E-state index is 0.131. The first-order valence-corrected chi connectivity index (χ1v) is 5.81. The predicted molar refractivity (Wildman–Crippen MR) is 24.2 cm³/mol. The summed E-state index contributed by atoms with van der Waals surface area (Å²) < 4.78 is 0. The van der Waals surface area contributed by atoms with Gasteiger partial charge in [-0.1, -0.05) is 0 Å². The Hall–Kier alpha value is -0.00623. The molecule has 0 nitrogen and oxygen atoms in total. The summed E-state index contributed by atoms with van der Waals surface area (Å²) in [5.74, 6) is 0. The van der Waals surface area contributed by atoms with Crippen molar-refractivity contribution in [2.24, 2.45) is 0 Å². The molecular weight excluding hydrogens is 80.2 g/mol. The molecule has 4 heavy (non-hydrogen) atoms. The van der Waals surface area contributed by atoms with Crippen LogP contribution in [0.25, 0.3) is 0 Å². The third kappa shape index (κ3) is 1.99. The summed E-state index contributed by atoms with van der Waals surface area (Å²) in [6.45, 7) is 0. The molecule has 0 aliphatic carbocycles. The smallest absolute Gasteiger partial charge is 0.0902 e. The normalized spacial score (nSPS) is 8.00. The van der Waals surface area contributed by atoms with Gasteiger partial charge < -0.3 is 0 Å². The van der Waals surface area contributed by atoms with E-state index in [-0.39, 0.29) is 9.04 Å². The Bertz CT molecular complexity index is 33.8. The average molecular weight is 84.2 g/mol. The van der Waals surface area contributed by atoms with Crippen molar-refractivity contribution in [3.63, 3.8) is 0 Å². The molecular formula is C2H4Si2. The lowest BCUT2D eigenvalue weighted by molar-refractivity contribution is 2.78. The standard InChI is InChI=1S/C2H4Si2/c1-2-4-3/h3-4H2. The van der Waals surface area contributed by atoms with Crippen molar-refractivity contribution >= 4 is 18.8 Å². The maximum absolute atomic E-state index is 6.27. The molecule has 0 aromatic rings. The molecule has 0 N–H and O–H groups in total. The molecule has 2 heteroatoms. The van der Waals surface area contributed by atoms with Crippen LogP contribution in [0.15, 0.2) is 0 Å². The minimum Gasteiger partial charge on any atom is -0.130 e. The van der Waals surface area contributed by atoms with E-state index in [4.69, 9.17) is 6.42 Å². The lowest BCUT2D eigenvalue weighted by Crippen LogP contribution is -1.75. The molecule has 0 aliphatic rings. The summed E-state index contributed by atoms with van der Waals surface area (Å²) in [5, 5.41) is 0. The number of hydrogen-bond acceptors (Lipinski definition) is 0. The van der Waals surface area contributed by atoms with Crippen LogP contribution in [0, 0.1) is 12.0 Å². The molecule has 0 amide bonds. The van der Waals surface area contributed by atoms with Crippen LogP contribution in [0.2, 0.25) is 0 Å². The molecule has 0 fully saturated rings. The molecule has 0 aromatic carbocycles. The first-order chi connectivity index (χ1) is 1.91. The molecule has 0 heterocycles. The molecule has 0 aliphatic heterocycles. The lowest BCUT2D eigenvalue weighted by Gasteiger charge is -1.48. The van der Waals surface area contributed by atoms with Crippen LogP contribution >= 0.6 is 0 Å². The molecule has 0 aromatic heterocycles. The van der Waals surface area contributed by atoms with Crippen LogP contribution in [0.4, 0.5) is 0 Å². The van der Waals surface area contributed by atoms with Crippen molar-refractivity contribution in [3.05, 3.63) is 6.42 Å². The van der Waals surface area contributed by atoms with Gasteiger partial charge in [0.05, 0.1) is 9.04 Å². The van der Waals surface area contributed by atoms with Gasteiger partial charge in [-0.05, 0) is 6.42 Å². The van der Waals surface area contributed by atoms with E-state index in [1.54, 1.807) is 0 Å².